The van der Waals surface area contributed by atoms with E-state index < -0.39 is 0 Å². The van der Waals surface area contributed by atoms with E-state index in [9.17, 15) is 0 Å². The number of aliphatic imine (C=N–C) groups is 1. The first-order valence-electron chi connectivity index (χ1n) is 8.51. The molecule has 2 heterocycles. The first-order chi connectivity index (χ1) is 10.8. The molecule has 2 fully saturated rings. The Kier molecular flexibility index (Phi) is 7.61. The molecule has 7 heteroatoms. The molecular weight excluding hydrogens is 403 g/mol. The third kappa shape index (κ3) is 5.95. The summed E-state index contributed by atoms with van der Waals surface area (Å²) >= 11 is 0. The Morgan fingerprint density at radius 2 is 2.17 bits per heavy atom. The standard InChI is InChI=1S/C16H28N6.HI/c1-17-16(18-7-2-9-22-10-3-8-20-22)19-12-14-6-11-21(13-14)15-4-5-15;/h3,8,10,14-15H,2,4-7,9,11-13H2,1H3,(H2,17,18,19);1H. The third-order valence-electron chi connectivity index (χ3n) is 4.58. The molecule has 6 nitrogen and oxygen atoms in total. The molecule has 3 rings (SSSR count). The maximum absolute atomic E-state index is 4.31. The highest BCUT2D eigenvalue weighted by molar-refractivity contribution is 14.0. The Morgan fingerprint density at radius 1 is 1.30 bits per heavy atom. The second kappa shape index (κ2) is 9.46. The van der Waals surface area contributed by atoms with Crippen LogP contribution in [0.25, 0.3) is 0 Å². The fourth-order valence-corrected chi connectivity index (χ4v) is 3.14. The van der Waals surface area contributed by atoms with Crippen LogP contribution in [0.2, 0.25) is 0 Å². The summed E-state index contributed by atoms with van der Waals surface area (Å²) in [6.45, 7) is 5.43. The van der Waals surface area contributed by atoms with Gasteiger partial charge in [0.05, 0.1) is 0 Å². The van der Waals surface area contributed by atoms with Crippen LogP contribution in [0.5, 0.6) is 0 Å². The predicted molar refractivity (Wildman–Crippen MR) is 104 cm³/mol. The Morgan fingerprint density at radius 3 is 2.87 bits per heavy atom. The van der Waals surface area contributed by atoms with Gasteiger partial charge < -0.3 is 15.5 Å². The van der Waals surface area contributed by atoms with E-state index in [1.807, 2.05) is 30.2 Å². The Balaban J connectivity index is 0.00000192. The third-order valence-corrected chi connectivity index (χ3v) is 4.58. The molecule has 23 heavy (non-hydrogen) atoms. The van der Waals surface area contributed by atoms with Crippen molar-refractivity contribution in [1.82, 2.24) is 25.3 Å². The van der Waals surface area contributed by atoms with E-state index >= 15 is 0 Å². The van der Waals surface area contributed by atoms with E-state index in [0.717, 1.165) is 44.0 Å². The molecule has 1 aliphatic heterocycles. The quantitative estimate of drug-likeness (QED) is 0.297. The van der Waals surface area contributed by atoms with Gasteiger partial charge in [0.1, 0.15) is 0 Å². The highest BCUT2D eigenvalue weighted by Gasteiger charge is 2.34. The lowest BCUT2D eigenvalue weighted by atomic mass is 10.1. The number of aryl methyl sites for hydroxylation is 1. The van der Waals surface area contributed by atoms with Crippen LogP contribution in [0.3, 0.4) is 0 Å². The van der Waals surface area contributed by atoms with Gasteiger partial charge in [-0.25, -0.2) is 0 Å². The van der Waals surface area contributed by atoms with Crippen LogP contribution in [0, 0.1) is 5.92 Å². The van der Waals surface area contributed by atoms with Crippen LogP contribution in [-0.2, 0) is 6.54 Å². The van der Waals surface area contributed by atoms with Gasteiger partial charge in [0.25, 0.3) is 0 Å². The van der Waals surface area contributed by atoms with Crippen LogP contribution < -0.4 is 10.6 Å². The lowest BCUT2D eigenvalue weighted by Crippen LogP contribution is -2.40. The molecule has 1 saturated heterocycles. The molecular formula is C16H29IN6. The van der Waals surface area contributed by atoms with Crippen LogP contribution in [0.1, 0.15) is 25.7 Å². The maximum Gasteiger partial charge on any atom is 0.190 e. The average molecular weight is 432 g/mol. The number of halogens is 1. The van der Waals surface area contributed by atoms with Crippen LogP contribution in [-0.4, -0.2) is 59.9 Å². The molecule has 0 spiro atoms. The molecule has 0 aromatic carbocycles. The zero-order valence-corrected chi connectivity index (χ0v) is 16.3. The van der Waals surface area contributed by atoms with Gasteiger partial charge in [0.2, 0.25) is 0 Å². The van der Waals surface area contributed by atoms with Gasteiger partial charge in [-0.15, -0.1) is 24.0 Å². The van der Waals surface area contributed by atoms with Gasteiger partial charge >= 0.3 is 0 Å². The fraction of sp³-hybridized carbons (Fsp3) is 0.750. The minimum absolute atomic E-state index is 0. The molecule has 0 radical (unpaired) electrons. The number of rotatable bonds is 7. The largest absolute Gasteiger partial charge is 0.356 e. The van der Waals surface area contributed by atoms with Crippen molar-refractivity contribution in [1.29, 1.82) is 0 Å². The summed E-state index contributed by atoms with van der Waals surface area (Å²) in [5.41, 5.74) is 0. The van der Waals surface area contributed by atoms with Crippen molar-refractivity contribution in [3.8, 4) is 0 Å². The molecule has 1 atom stereocenters. The van der Waals surface area contributed by atoms with Crippen molar-refractivity contribution >= 4 is 29.9 Å². The smallest absolute Gasteiger partial charge is 0.190 e. The minimum Gasteiger partial charge on any atom is -0.356 e. The lowest BCUT2D eigenvalue weighted by molar-refractivity contribution is 0.314. The molecule has 0 amide bonds. The summed E-state index contributed by atoms with van der Waals surface area (Å²) in [5, 5.41) is 11.1. The molecule has 1 unspecified atom stereocenters. The molecule has 1 aromatic heterocycles. The molecule has 0 bridgehead atoms. The van der Waals surface area contributed by atoms with E-state index in [1.165, 1.54) is 32.4 Å². The van der Waals surface area contributed by atoms with Crippen molar-refractivity contribution in [2.24, 2.45) is 10.9 Å². The molecule has 1 aromatic rings. The summed E-state index contributed by atoms with van der Waals surface area (Å²) in [6.07, 6.45) is 9.01. The van der Waals surface area contributed by atoms with Gasteiger partial charge in [-0.3, -0.25) is 9.67 Å². The number of nitrogens with zero attached hydrogens (tertiary/aromatic N) is 4. The van der Waals surface area contributed by atoms with Crippen molar-refractivity contribution in [2.75, 3.05) is 33.2 Å². The normalized spacial score (nSPS) is 22.0. The molecule has 1 aliphatic carbocycles. The molecule has 2 N–H and O–H groups in total. The summed E-state index contributed by atoms with van der Waals surface area (Å²) in [4.78, 5) is 6.97. The summed E-state index contributed by atoms with van der Waals surface area (Å²) < 4.78 is 1.96. The molecule has 2 aliphatic rings. The average Bonchev–Trinajstić information content (AvgIpc) is 3.06. The molecule has 1 saturated carbocycles. The van der Waals surface area contributed by atoms with E-state index in [1.54, 1.807) is 0 Å². The Hall–Kier alpha value is -0.830. The number of nitrogens with one attached hydrogen (secondary N) is 2. The van der Waals surface area contributed by atoms with Gasteiger partial charge in [-0.1, -0.05) is 0 Å². The van der Waals surface area contributed by atoms with Gasteiger partial charge in [-0.05, 0) is 44.2 Å². The van der Waals surface area contributed by atoms with E-state index in [0.29, 0.717) is 0 Å². The highest BCUT2D eigenvalue weighted by Crippen LogP contribution is 2.31. The summed E-state index contributed by atoms with van der Waals surface area (Å²) in [6, 6.07) is 2.87. The second-order valence-electron chi connectivity index (χ2n) is 6.38. The van der Waals surface area contributed by atoms with Crippen LogP contribution >= 0.6 is 24.0 Å². The highest BCUT2D eigenvalue weighted by atomic mass is 127. The monoisotopic (exact) mass is 432 g/mol. The van der Waals surface area contributed by atoms with Gasteiger partial charge in [-0.2, -0.15) is 5.10 Å². The first-order valence-corrected chi connectivity index (χ1v) is 8.51. The Labute approximate surface area is 156 Å². The second-order valence-corrected chi connectivity index (χ2v) is 6.38. The number of hydrogen-bond donors (Lipinski definition) is 2. The number of aromatic nitrogens is 2. The van der Waals surface area contributed by atoms with Crippen LogP contribution in [0.15, 0.2) is 23.5 Å². The minimum atomic E-state index is 0. The van der Waals surface area contributed by atoms with Crippen molar-refractivity contribution in [2.45, 2.75) is 38.3 Å². The zero-order chi connectivity index (χ0) is 15.2. The first kappa shape index (κ1) is 18.5. The zero-order valence-electron chi connectivity index (χ0n) is 13.9. The number of guanidine groups is 1. The topological polar surface area (TPSA) is 57.5 Å². The van der Waals surface area contributed by atoms with E-state index in [2.05, 4.69) is 25.6 Å². The van der Waals surface area contributed by atoms with Crippen molar-refractivity contribution in [3.63, 3.8) is 0 Å². The van der Waals surface area contributed by atoms with Gasteiger partial charge in [0.15, 0.2) is 5.96 Å². The van der Waals surface area contributed by atoms with Crippen LogP contribution in [0.4, 0.5) is 0 Å². The fourth-order valence-electron chi connectivity index (χ4n) is 3.14. The predicted octanol–water partition coefficient (Wildman–Crippen LogP) is 1.54. The SMILES string of the molecule is CN=C(NCCCn1cccn1)NCC1CCN(C2CC2)C1.I. The van der Waals surface area contributed by atoms with E-state index in [-0.39, 0.29) is 24.0 Å². The van der Waals surface area contributed by atoms with Gasteiger partial charge in [0, 0.05) is 51.7 Å². The summed E-state index contributed by atoms with van der Waals surface area (Å²) in [7, 11) is 1.84. The maximum atomic E-state index is 4.31. The Bertz CT molecular complexity index is 471. The molecule has 130 valence electrons. The van der Waals surface area contributed by atoms with Crippen molar-refractivity contribution < 1.29 is 0 Å². The van der Waals surface area contributed by atoms with E-state index in [4.69, 9.17) is 0 Å². The summed E-state index contributed by atoms with van der Waals surface area (Å²) in [5.74, 6) is 1.69. The number of likely N-dealkylation sites (tertiary alicyclic amines) is 1. The van der Waals surface area contributed by atoms with Crippen molar-refractivity contribution in [3.05, 3.63) is 18.5 Å². The number of hydrogen-bond acceptors (Lipinski definition) is 3. The lowest BCUT2D eigenvalue weighted by Gasteiger charge is -2.17.